The van der Waals surface area contributed by atoms with Gasteiger partial charge in [-0.3, -0.25) is 9.79 Å². The summed E-state index contributed by atoms with van der Waals surface area (Å²) in [4.78, 5) is 30.8. The zero-order valence-corrected chi connectivity index (χ0v) is 17.3. The molecule has 7 heteroatoms. The molecule has 2 aromatic carbocycles. The number of aliphatic imine (C=N–C) groups is 2. The van der Waals surface area contributed by atoms with Crippen LogP contribution in [0.2, 0.25) is 0 Å². The Hall–Kier alpha value is -3.32. The summed E-state index contributed by atoms with van der Waals surface area (Å²) in [6.45, 7) is 2.07. The predicted octanol–water partition coefficient (Wildman–Crippen LogP) is 4.70. The molecule has 0 saturated heterocycles. The third kappa shape index (κ3) is 4.63. The lowest BCUT2D eigenvalue weighted by Crippen LogP contribution is -2.38. The highest BCUT2D eigenvalue weighted by molar-refractivity contribution is 7.99. The minimum atomic E-state index is -0.217. The first-order valence-corrected chi connectivity index (χ1v) is 10.7. The van der Waals surface area contributed by atoms with E-state index in [-0.39, 0.29) is 17.6 Å². The molecular formula is C23H21N5OS. The van der Waals surface area contributed by atoms with Gasteiger partial charge in [0.1, 0.15) is 5.84 Å². The Labute approximate surface area is 179 Å². The zero-order chi connectivity index (χ0) is 20.8. The summed E-state index contributed by atoms with van der Waals surface area (Å²) in [5.41, 5.74) is 3.57. The number of aromatic nitrogens is 2. The summed E-state index contributed by atoms with van der Waals surface area (Å²) in [6.07, 6.45) is 4.07. The summed E-state index contributed by atoms with van der Waals surface area (Å²) in [5, 5.41) is 3.60. The number of amidine groups is 1. The molecule has 6 nitrogen and oxygen atoms in total. The van der Waals surface area contributed by atoms with Crippen LogP contribution >= 0.6 is 11.8 Å². The van der Waals surface area contributed by atoms with Crippen molar-refractivity contribution in [1.82, 2.24) is 15.3 Å². The maximum Gasteiger partial charge on any atom is 0.235 e. The Morgan fingerprint density at radius 3 is 2.30 bits per heavy atom. The van der Waals surface area contributed by atoms with Gasteiger partial charge in [0.15, 0.2) is 5.16 Å². The fourth-order valence-corrected chi connectivity index (χ4v) is 3.88. The molecule has 1 aliphatic rings. The molecule has 4 rings (SSSR count). The first-order chi connectivity index (χ1) is 14.7. The molecule has 0 bridgehead atoms. The van der Waals surface area contributed by atoms with Gasteiger partial charge in [0.25, 0.3) is 0 Å². The monoisotopic (exact) mass is 415 g/mol. The highest BCUT2D eigenvalue weighted by Gasteiger charge is 2.27. The van der Waals surface area contributed by atoms with Crippen LogP contribution in [0.25, 0.3) is 0 Å². The SMILES string of the molecule is CCC1=Nc2ccccc2N=C(NC(=O)CSc2ncccn2)[C@@H]1c1ccccc1. The second kappa shape index (κ2) is 9.45. The normalized spacial score (nSPS) is 15.4. The van der Waals surface area contributed by atoms with Crippen molar-refractivity contribution in [2.24, 2.45) is 9.98 Å². The van der Waals surface area contributed by atoms with E-state index in [0.29, 0.717) is 11.0 Å². The van der Waals surface area contributed by atoms with Gasteiger partial charge in [-0.15, -0.1) is 0 Å². The number of carbonyl (C=O) groups excluding carboxylic acids is 1. The van der Waals surface area contributed by atoms with Gasteiger partial charge in [-0.2, -0.15) is 0 Å². The van der Waals surface area contributed by atoms with E-state index in [2.05, 4.69) is 22.2 Å². The lowest BCUT2D eigenvalue weighted by Gasteiger charge is -2.20. The Morgan fingerprint density at radius 2 is 1.60 bits per heavy atom. The van der Waals surface area contributed by atoms with Crippen molar-refractivity contribution in [1.29, 1.82) is 0 Å². The number of para-hydroxylation sites is 2. The number of amides is 1. The standard InChI is InChI=1S/C23H21N5OS/c1-2-17-21(16-9-4-3-5-10-16)22(27-19-12-7-6-11-18(19)26-17)28-20(29)15-30-23-24-13-8-14-25-23/h3-14,21H,2,15H2,1H3,(H,27,28,29)/t21-/m1/s1. The lowest BCUT2D eigenvalue weighted by molar-refractivity contribution is -0.117. The van der Waals surface area contributed by atoms with Crippen molar-refractivity contribution < 1.29 is 4.79 Å². The lowest BCUT2D eigenvalue weighted by atomic mass is 9.91. The quantitative estimate of drug-likeness (QED) is 0.484. The van der Waals surface area contributed by atoms with Crippen molar-refractivity contribution in [3.63, 3.8) is 0 Å². The van der Waals surface area contributed by atoms with E-state index >= 15 is 0 Å². The van der Waals surface area contributed by atoms with Gasteiger partial charge in [-0.25, -0.2) is 15.0 Å². The van der Waals surface area contributed by atoms with E-state index in [1.807, 2.05) is 54.6 Å². The summed E-state index contributed by atoms with van der Waals surface area (Å²) >= 11 is 1.29. The van der Waals surface area contributed by atoms with Crippen molar-refractivity contribution in [3.8, 4) is 0 Å². The minimum Gasteiger partial charge on any atom is -0.313 e. The van der Waals surface area contributed by atoms with Crippen LogP contribution in [0.1, 0.15) is 24.8 Å². The van der Waals surface area contributed by atoms with Crippen LogP contribution in [0.3, 0.4) is 0 Å². The third-order valence-electron chi connectivity index (χ3n) is 4.63. The number of benzene rings is 2. The second-order valence-electron chi connectivity index (χ2n) is 6.65. The maximum absolute atomic E-state index is 12.8. The summed E-state index contributed by atoms with van der Waals surface area (Å²) in [6, 6.07) is 19.5. The molecule has 0 saturated carbocycles. The Balaban J connectivity index is 1.66. The highest BCUT2D eigenvalue weighted by Crippen LogP contribution is 2.35. The van der Waals surface area contributed by atoms with Gasteiger partial charge in [0.05, 0.1) is 23.0 Å². The Bertz CT molecular complexity index is 1080. The topological polar surface area (TPSA) is 79.6 Å². The number of nitrogens with zero attached hydrogens (tertiary/aromatic N) is 4. The zero-order valence-electron chi connectivity index (χ0n) is 16.5. The summed E-state index contributed by atoms with van der Waals surface area (Å²) < 4.78 is 0. The van der Waals surface area contributed by atoms with Crippen LogP contribution in [0, 0.1) is 0 Å². The van der Waals surface area contributed by atoms with Gasteiger partial charge in [-0.05, 0) is 30.2 Å². The minimum absolute atomic E-state index is 0.151. The van der Waals surface area contributed by atoms with E-state index in [0.717, 1.165) is 29.1 Å². The highest BCUT2D eigenvalue weighted by atomic mass is 32.2. The van der Waals surface area contributed by atoms with Crippen molar-refractivity contribution in [2.75, 3.05) is 5.75 Å². The first kappa shape index (κ1) is 20.0. The fourth-order valence-electron chi connectivity index (χ4n) is 3.27. The van der Waals surface area contributed by atoms with Crippen molar-refractivity contribution >= 4 is 40.6 Å². The van der Waals surface area contributed by atoms with Crippen LogP contribution in [0.4, 0.5) is 11.4 Å². The number of hydrogen-bond acceptors (Lipinski definition) is 6. The molecule has 0 spiro atoms. The van der Waals surface area contributed by atoms with Crippen LogP contribution in [-0.2, 0) is 4.79 Å². The number of fused-ring (bicyclic) bond motifs is 1. The largest absolute Gasteiger partial charge is 0.313 e. The molecule has 30 heavy (non-hydrogen) atoms. The number of thioether (sulfide) groups is 1. The number of nitrogens with one attached hydrogen (secondary N) is 1. The van der Waals surface area contributed by atoms with Gasteiger partial charge < -0.3 is 5.32 Å². The van der Waals surface area contributed by atoms with E-state index < -0.39 is 0 Å². The molecule has 0 unspecified atom stereocenters. The van der Waals surface area contributed by atoms with E-state index in [1.54, 1.807) is 18.5 Å². The van der Waals surface area contributed by atoms with Crippen molar-refractivity contribution in [2.45, 2.75) is 24.4 Å². The van der Waals surface area contributed by atoms with E-state index in [4.69, 9.17) is 9.98 Å². The molecule has 1 aromatic heterocycles. The molecule has 1 aliphatic heterocycles. The maximum atomic E-state index is 12.8. The van der Waals surface area contributed by atoms with Gasteiger partial charge in [-0.1, -0.05) is 61.2 Å². The molecular weight excluding hydrogens is 394 g/mol. The molecule has 3 aromatic rings. The van der Waals surface area contributed by atoms with Crippen LogP contribution in [-0.4, -0.2) is 33.2 Å². The van der Waals surface area contributed by atoms with Crippen LogP contribution in [0.15, 0.2) is 88.2 Å². The smallest absolute Gasteiger partial charge is 0.235 e. The van der Waals surface area contributed by atoms with Gasteiger partial charge >= 0.3 is 0 Å². The van der Waals surface area contributed by atoms with E-state index in [9.17, 15) is 4.79 Å². The molecule has 2 heterocycles. The molecule has 1 amide bonds. The molecule has 1 N–H and O–H groups in total. The van der Waals surface area contributed by atoms with Gasteiger partial charge in [0, 0.05) is 18.1 Å². The first-order valence-electron chi connectivity index (χ1n) is 9.74. The molecule has 0 fully saturated rings. The molecule has 0 radical (unpaired) electrons. The Kier molecular flexibility index (Phi) is 6.29. The fraction of sp³-hybridized carbons (Fsp3) is 0.174. The molecule has 1 atom stereocenters. The predicted molar refractivity (Wildman–Crippen MR) is 121 cm³/mol. The molecule has 150 valence electrons. The third-order valence-corrected chi connectivity index (χ3v) is 5.51. The average Bonchev–Trinajstić information content (AvgIpc) is 2.95. The summed E-state index contributed by atoms with van der Waals surface area (Å²) in [7, 11) is 0. The number of hydrogen-bond donors (Lipinski definition) is 1. The Morgan fingerprint density at radius 1 is 0.933 bits per heavy atom. The van der Waals surface area contributed by atoms with Crippen LogP contribution in [0.5, 0.6) is 0 Å². The van der Waals surface area contributed by atoms with E-state index in [1.165, 1.54) is 11.8 Å². The molecule has 0 aliphatic carbocycles. The van der Waals surface area contributed by atoms with Crippen LogP contribution < -0.4 is 5.32 Å². The van der Waals surface area contributed by atoms with Gasteiger partial charge in [0.2, 0.25) is 5.91 Å². The van der Waals surface area contributed by atoms with Crippen molar-refractivity contribution in [3.05, 3.63) is 78.6 Å². The number of carbonyl (C=O) groups is 1. The second-order valence-corrected chi connectivity index (χ2v) is 7.60. The number of rotatable bonds is 5. The average molecular weight is 416 g/mol. The summed E-state index contributed by atoms with van der Waals surface area (Å²) in [5.74, 6) is 0.420.